The molecule has 0 aliphatic carbocycles. The van der Waals surface area contributed by atoms with Gasteiger partial charge in [-0.3, -0.25) is 0 Å². The van der Waals surface area contributed by atoms with Crippen LogP contribution in [0.1, 0.15) is 24.5 Å². The Balaban J connectivity index is 2.41. The molecule has 0 unspecified atom stereocenters. The van der Waals surface area contributed by atoms with Crippen molar-refractivity contribution in [2.24, 2.45) is 0 Å². The van der Waals surface area contributed by atoms with E-state index >= 15 is 0 Å². The molecule has 0 amide bonds. The Morgan fingerprint density at radius 3 is 2.63 bits per heavy atom. The molecule has 0 radical (unpaired) electrons. The predicted octanol–water partition coefficient (Wildman–Crippen LogP) is 4.34. The summed E-state index contributed by atoms with van der Waals surface area (Å²) in [5.74, 6) is 0.887. The zero-order valence-corrected chi connectivity index (χ0v) is 13.1. The van der Waals surface area contributed by atoms with Crippen LogP contribution in [0.15, 0.2) is 28.7 Å². The van der Waals surface area contributed by atoms with Crippen LogP contribution in [0.5, 0.6) is 0 Å². The van der Waals surface area contributed by atoms with Gasteiger partial charge in [0.25, 0.3) is 0 Å². The van der Waals surface area contributed by atoms with Gasteiger partial charge in [-0.1, -0.05) is 35.0 Å². The van der Waals surface area contributed by atoms with E-state index in [-0.39, 0.29) is 0 Å². The van der Waals surface area contributed by atoms with Crippen LogP contribution in [0.3, 0.4) is 0 Å². The Labute approximate surface area is 122 Å². The highest BCUT2D eigenvalue weighted by atomic mass is 79.9. The third-order valence-electron chi connectivity index (χ3n) is 3.16. The molecule has 0 saturated heterocycles. The first kappa shape index (κ1) is 14.0. The molecule has 2 rings (SSSR count). The molecule has 1 aromatic heterocycles. The molecule has 4 heteroatoms. The minimum absolute atomic E-state index is 0.887. The summed E-state index contributed by atoms with van der Waals surface area (Å²) in [5, 5.41) is 12.0. The van der Waals surface area contributed by atoms with Gasteiger partial charge < -0.3 is 5.32 Å². The Hall–Kier alpha value is -1.42. The largest absolute Gasteiger partial charge is 0.368 e. The standard InChI is InChI=1S/C15H18BrN3/c1-4-8-17-15-11(3)10(2)14(18-19-15)12-6-5-7-13(16)9-12/h5-7,9H,4,8H2,1-3H3,(H,17,19). The van der Waals surface area contributed by atoms with Crippen LogP contribution in [0.25, 0.3) is 11.3 Å². The summed E-state index contributed by atoms with van der Waals surface area (Å²) in [6, 6.07) is 8.14. The second-order valence-electron chi connectivity index (χ2n) is 4.58. The Kier molecular flexibility index (Phi) is 4.53. The summed E-state index contributed by atoms with van der Waals surface area (Å²) in [6.45, 7) is 7.24. The first-order valence-corrected chi connectivity index (χ1v) is 7.26. The number of nitrogens with zero attached hydrogens (tertiary/aromatic N) is 2. The maximum absolute atomic E-state index is 4.37. The van der Waals surface area contributed by atoms with Crippen LogP contribution in [-0.2, 0) is 0 Å². The van der Waals surface area contributed by atoms with Crippen molar-refractivity contribution in [1.29, 1.82) is 0 Å². The summed E-state index contributed by atoms with van der Waals surface area (Å²) in [7, 11) is 0. The molecular formula is C15H18BrN3. The minimum Gasteiger partial charge on any atom is -0.368 e. The quantitative estimate of drug-likeness (QED) is 0.910. The normalized spacial score (nSPS) is 10.5. The summed E-state index contributed by atoms with van der Waals surface area (Å²) in [5.41, 5.74) is 4.37. The highest BCUT2D eigenvalue weighted by Gasteiger charge is 2.11. The second-order valence-corrected chi connectivity index (χ2v) is 5.50. The maximum atomic E-state index is 4.37. The van der Waals surface area contributed by atoms with Crippen LogP contribution in [-0.4, -0.2) is 16.7 Å². The van der Waals surface area contributed by atoms with Gasteiger partial charge in [0.1, 0.15) is 0 Å². The molecule has 0 aliphatic heterocycles. The van der Waals surface area contributed by atoms with Gasteiger partial charge in [0.15, 0.2) is 5.82 Å². The first-order valence-electron chi connectivity index (χ1n) is 6.47. The molecule has 0 aliphatic rings. The van der Waals surface area contributed by atoms with E-state index in [0.717, 1.165) is 34.5 Å². The second kappa shape index (κ2) is 6.15. The molecule has 19 heavy (non-hydrogen) atoms. The molecule has 100 valence electrons. The fourth-order valence-electron chi connectivity index (χ4n) is 1.93. The lowest BCUT2D eigenvalue weighted by atomic mass is 10.0. The van der Waals surface area contributed by atoms with Gasteiger partial charge in [-0.15, -0.1) is 10.2 Å². The van der Waals surface area contributed by atoms with Crippen LogP contribution in [0.4, 0.5) is 5.82 Å². The maximum Gasteiger partial charge on any atom is 0.151 e. The molecule has 1 N–H and O–H groups in total. The van der Waals surface area contributed by atoms with Crippen molar-refractivity contribution >= 4 is 21.7 Å². The third-order valence-corrected chi connectivity index (χ3v) is 3.66. The molecule has 0 fully saturated rings. The van der Waals surface area contributed by atoms with Crippen molar-refractivity contribution in [1.82, 2.24) is 10.2 Å². The van der Waals surface area contributed by atoms with Crippen molar-refractivity contribution in [2.75, 3.05) is 11.9 Å². The number of benzene rings is 1. The summed E-state index contributed by atoms with van der Waals surface area (Å²) in [4.78, 5) is 0. The zero-order valence-electron chi connectivity index (χ0n) is 11.5. The van der Waals surface area contributed by atoms with Gasteiger partial charge in [0.2, 0.25) is 0 Å². The van der Waals surface area contributed by atoms with E-state index in [2.05, 4.69) is 64.3 Å². The van der Waals surface area contributed by atoms with Gasteiger partial charge in [0.05, 0.1) is 5.69 Å². The number of rotatable bonds is 4. The van der Waals surface area contributed by atoms with Crippen molar-refractivity contribution in [3.63, 3.8) is 0 Å². The Bertz CT molecular complexity index is 582. The molecule has 1 heterocycles. The van der Waals surface area contributed by atoms with E-state index < -0.39 is 0 Å². The van der Waals surface area contributed by atoms with Crippen molar-refractivity contribution < 1.29 is 0 Å². The summed E-state index contributed by atoms with van der Waals surface area (Å²) in [6.07, 6.45) is 1.08. The highest BCUT2D eigenvalue weighted by molar-refractivity contribution is 9.10. The molecule has 0 bridgehead atoms. The molecule has 1 aromatic carbocycles. The molecular weight excluding hydrogens is 302 g/mol. The lowest BCUT2D eigenvalue weighted by Gasteiger charge is -2.12. The lowest BCUT2D eigenvalue weighted by molar-refractivity contribution is 0.933. The van der Waals surface area contributed by atoms with Crippen LogP contribution in [0.2, 0.25) is 0 Å². The number of aromatic nitrogens is 2. The van der Waals surface area contributed by atoms with Gasteiger partial charge in [-0.2, -0.15) is 0 Å². The van der Waals surface area contributed by atoms with Crippen LogP contribution >= 0.6 is 15.9 Å². The highest BCUT2D eigenvalue weighted by Crippen LogP contribution is 2.27. The zero-order chi connectivity index (χ0) is 13.8. The number of halogens is 1. The minimum atomic E-state index is 0.887. The smallest absolute Gasteiger partial charge is 0.151 e. The van der Waals surface area contributed by atoms with Crippen molar-refractivity contribution in [3.8, 4) is 11.3 Å². The number of hydrogen-bond donors (Lipinski definition) is 1. The van der Waals surface area contributed by atoms with Crippen LogP contribution in [0, 0.1) is 13.8 Å². The molecule has 2 aromatic rings. The van der Waals surface area contributed by atoms with Crippen molar-refractivity contribution in [2.45, 2.75) is 27.2 Å². The van der Waals surface area contributed by atoms with Gasteiger partial charge in [-0.25, -0.2) is 0 Å². The van der Waals surface area contributed by atoms with E-state index in [0.29, 0.717) is 0 Å². The van der Waals surface area contributed by atoms with E-state index in [1.165, 1.54) is 11.1 Å². The molecule has 0 saturated carbocycles. The van der Waals surface area contributed by atoms with Gasteiger partial charge in [-0.05, 0) is 43.5 Å². The number of nitrogens with one attached hydrogen (secondary N) is 1. The van der Waals surface area contributed by atoms with Gasteiger partial charge >= 0.3 is 0 Å². The van der Waals surface area contributed by atoms with Crippen molar-refractivity contribution in [3.05, 3.63) is 39.9 Å². The van der Waals surface area contributed by atoms with E-state index in [1.807, 2.05) is 12.1 Å². The fraction of sp³-hybridized carbons (Fsp3) is 0.333. The average Bonchev–Trinajstić information content (AvgIpc) is 2.40. The van der Waals surface area contributed by atoms with E-state index in [9.17, 15) is 0 Å². The summed E-state index contributed by atoms with van der Waals surface area (Å²) < 4.78 is 1.05. The molecule has 0 spiro atoms. The van der Waals surface area contributed by atoms with Gasteiger partial charge in [0, 0.05) is 16.6 Å². The summed E-state index contributed by atoms with van der Waals surface area (Å²) >= 11 is 3.49. The van der Waals surface area contributed by atoms with E-state index in [1.54, 1.807) is 0 Å². The van der Waals surface area contributed by atoms with Crippen LogP contribution < -0.4 is 5.32 Å². The Morgan fingerprint density at radius 2 is 1.95 bits per heavy atom. The topological polar surface area (TPSA) is 37.8 Å². The molecule has 3 nitrogen and oxygen atoms in total. The average molecular weight is 320 g/mol. The van der Waals surface area contributed by atoms with E-state index in [4.69, 9.17) is 0 Å². The fourth-order valence-corrected chi connectivity index (χ4v) is 2.33. The monoisotopic (exact) mass is 319 g/mol. The molecule has 0 atom stereocenters. The lowest BCUT2D eigenvalue weighted by Crippen LogP contribution is -2.07. The third kappa shape index (κ3) is 3.13. The number of hydrogen-bond acceptors (Lipinski definition) is 3. The first-order chi connectivity index (χ1) is 9.13. The SMILES string of the molecule is CCCNc1nnc(-c2cccc(Br)c2)c(C)c1C. The Morgan fingerprint density at radius 1 is 1.16 bits per heavy atom. The predicted molar refractivity (Wildman–Crippen MR) is 83.4 cm³/mol. The number of anilines is 1.